The zero-order valence-corrected chi connectivity index (χ0v) is 15.3. The molecule has 136 valence electrons. The van der Waals surface area contributed by atoms with Crippen molar-refractivity contribution in [2.24, 2.45) is 0 Å². The van der Waals surface area contributed by atoms with E-state index in [4.69, 9.17) is 21.1 Å². The van der Waals surface area contributed by atoms with E-state index in [0.717, 1.165) is 5.56 Å². The summed E-state index contributed by atoms with van der Waals surface area (Å²) in [6, 6.07) is 10.6. The lowest BCUT2D eigenvalue weighted by atomic mass is 10.1. The first-order chi connectivity index (χ1) is 12.5. The number of fused-ring (bicyclic) bond motifs is 1. The van der Waals surface area contributed by atoms with Crippen LogP contribution in [0, 0.1) is 6.92 Å². The van der Waals surface area contributed by atoms with Crippen LogP contribution < -0.4 is 19.7 Å². The fraction of sp³-hybridized carbons (Fsp3) is 0.263. The molecule has 1 N–H and O–H groups in total. The lowest BCUT2D eigenvalue weighted by Crippen LogP contribution is -2.40. The van der Waals surface area contributed by atoms with Gasteiger partial charge in [-0.2, -0.15) is 0 Å². The highest BCUT2D eigenvalue weighted by molar-refractivity contribution is 6.31. The van der Waals surface area contributed by atoms with Gasteiger partial charge in [0.15, 0.2) is 6.61 Å². The second-order valence-electron chi connectivity index (χ2n) is 5.95. The Hall–Kier alpha value is -2.73. The maximum Gasteiger partial charge on any atom is 0.265 e. The van der Waals surface area contributed by atoms with Crippen molar-refractivity contribution in [2.45, 2.75) is 13.3 Å². The summed E-state index contributed by atoms with van der Waals surface area (Å²) in [5, 5.41) is 3.27. The third-order valence-corrected chi connectivity index (χ3v) is 4.29. The van der Waals surface area contributed by atoms with Crippen molar-refractivity contribution < 1.29 is 19.1 Å². The molecule has 0 aromatic heterocycles. The first-order valence-corrected chi connectivity index (χ1v) is 8.53. The molecule has 1 aliphatic rings. The molecule has 0 bridgehead atoms. The number of anilines is 2. The zero-order valence-electron chi connectivity index (χ0n) is 14.5. The largest absolute Gasteiger partial charge is 0.495 e. The van der Waals surface area contributed by atoms with Crippen molar-refractivity contribution in [3.05, 3.63) is 47.0 Å². The summed E-state index contributed by atoms with van der Waals surface area (Å²) < 4.78 is 10.7. The number of carbonyl (C=O) groups is 2. The number of hydrogen-bond donors (Lipinski definition) is 1. The Morgan fingerprint density at radius 2 is 2.12 bits per heavy atom. The predicted octanol–water partition coefficient (Wildman–Crippen LogP) is 3.41. The second kappa shape index (κ2) is 7.66. The van der Waals surface area contributed by atoms with Crippen molar-refractivity contribution in [3.63, 3.8) is 0 Å². The smallest absolute Gasteiger partial charge is 0.265 e. The molecule has 1 heterocycles. The Kier molecular flexibility index (Phi) is 5.32. The average Bonchev–Trinajstić information content (AvgIpc) is 2.61. The number of methoxy groups -OCH3 is 1. The third kappa shape index (κ3) is 3.91. The number of amides is 2. The fourth-order valence-electron chi connectivity index (χ4n) is 2.76. The number of benzene rings is 2. The van der Waals surface area contributed by atoms with Gasteiger partial charge >= 0.3 is 0 Å². The van der Waals surface area contributed by atoms with Gasteiger partial charge in [0.2, 0.25) is 5.91 Å². The monoisotopic (exact) mass is 374 g/mol. The van der Waals surface area contributed by atoms with E-state index < -0.39 is 0 Å². The molecule has 0 unspecified atom stereocenters. The maximum atomic E-state index is 12.3. The van der Waals surface area contributed by atoms with Gasteiger partial charge in [-0.15, -0.1) is 0 Å². The summed E-state index contributed by atoms with van der Waals surface area (Å²) in [7, 11) is 1.52. The second-order valence-corrected chi connectivity index (χ2v) is 6.38. The van der Waals surface area contributed by atoms with Crippen LogP contribution in [0.1, 0.15) is 12.0 Å². The fourth-order valence-corrected chi connectivity index (χ4v) is 2.93. The van der Waals surface area contributed by atoms with Gasteiger partial charge in [0.25, 0.3) is 5.91 Å². The molecule has 0 saturated heterocycles. The van der Waals surface area contributed by atoms with Gasteiger partial charge in [0, 0.05) is 18.0 Å². The maximum absolute atomic E-state index is 12.3. The molecular formula is C19H19ClN2O4. The molecule has 0 saturated carbocycles. The van der Waals surface area contributed by atoms with Crippen molar-refractivity contribution in [3.8, 4) is 11.5 Å². The predicted molar refractivity (Wildman–Crippen MR) is 100 cm³/mol. The molecule has 6 nitrogen and oxygen atoms in total. The summed E-state index contributed by atoms with van der Waals surface area (Å²) in [6.07, 6.45) is 0.134. The number of halogens is 1. The molecular weight excluding hydrogens is 356 g/mol. The highest BCUT2D eigenvalue weighted by Crippen LogP contribution is 2.33. The number of aryl methyl sites for hydroxylation is 1. The molecule has 3 rings (SSSR count). The standard InChI is InChI=1S/C19H19ClN2O4/c1-12-3-5-17-15(9-12)22(19(24)11-26-17)8-7-18(23)21-14-10-13(20)4-6-16(14)25-2/h3-6,9-10H,7-8,11H2,1-2H3,(H,21,23). The Morgan fingerprint density at radius 1 is 1.31 bits per heavy atom. The van der Waals surface area contributed by atoms with Crippen molar-refractivity contribution in [2.75, 3.05) is 30.5 Å². The molecule has 1 aliphatic heterocycles. The van der Waals surface area contributed by atoms with Gasteiger partial charge in [-0.05, 0) is 42.8 Å². The number of hydrogen-bond acceptors (Lipinski definition) is 4. The van der Waals surface area contributed by atoms with E-state index >= 15 is 0 Å². The number of ether oxygens (including phenoxy) is 2. The number of carbonyl (C=O) groups excluding carboxylic acids is 2. The van der Waals surface area contributed by atoms with Crippen LogP contribution in [0.15, 0.2) is 36.4 Å². The van der Waals surface area contributed by atoms with Crippen molar-refractivity contribution in [1.29, 1.82) is 0 Å². The Morgan fingerprint density at radius 3 is 2.88 bits per heavy atom. The first kappa shape index (κ1) is 18.1. The van der Waals surface area contributed by atoms with Gasteiger partial charge in [-0.1, -0.05) is 17.7 Å². The van der Waals surface area contributed by atoms with Gasteiger partial charge in [0.1, 0.15) is 11.5 Å². The SMILES string of the molecule is COc1ccc(Cl)cc1NC(=O)CCN1C(=O)COc2ccc(C)cc21. The molecule has 0 atom stereocenters. The van der Waals surface area contributed by atoms with Crippen LogP contribution in [0.5, 0.6) is 11.5 Å². The van der Waals surface area contributed by atoms with Crippen LogP contribution in [0.4, 0.5) is 11.4 Å². The van der Waals surface area contributed by atoms with E-state index in [1.165, 1.54) is 7.11 Å². The first-order valence-electron chi connectivity index (χ1n) is 8.15. The van der Waals surface area contributed by atoms with E-state index in [0.29, 0.717) is 27.9 Å². The van der Waals surface area contributed by atoms with Crippen molar-refractivity contribution in [1.82, 2.24) is 0 Å². The minimum atomic E-state index is -0.237. The molecule has 2 amide bonds. The van der Waals surface area contributed by atoms with E-state index in [9.17, 15) is 9.59 Å². The summed E-state index contributed by atoms with van der Waals surface area (Å²) >= 11 is 5.97. The summed E-state index contributed by atoms with van der Waals surface area (Å²) in [5.74, 6) is 0.758. The van der Waals surface area contributed by atoms with Gasteiger partial charge in [-0.25, -0.2) is 0 Å². The number of nitrogens with one attached hydrogen (secondary N) is 1. The zero-order chi connectivity index (χ0) is 18.7. The lowest BCUT2D eigenvalue weighted by molar-refractivity contribution is -0.121. The highest BCUT2D eigenvalue weighted by Gasteiger charge is 2.26. The average molecular weight is 375 g/mol. The van der Waals surface area contributed by atoms with Crippen LogP contribution in [-0.4, -0.2) is 32.1 Å². The van der Waals surface area contributed by atoms with E-state index in [1.54, 1.807) is 23.1 Å². The normalized spacial score (nSPS) is 13.0. The molecule has 26 heavy (non-hydrogen) atoms. The lowest BCUT2D eigenvalue weighted by Gasteiger charge is -2.29. The van der Waals surface area contributed by atoms with Crippen LogP contribution in [0.2, 0.25) is 5.02 Å². The Bertz CT molecular complexity index is 853. The van der Waals surface area contributed by atoms with E-state index in [-0.39, 0.29) is 31.4 Å². The molecule has 0 fully saturated rings. The molecule has 7 heteroatoms. The molecule has 2 aromatic carbocycles. The van der Waals surface area contributed by atoms with Gasteiger partial charge < -0.3 is 19.7 Å². The van der Waals surface area contributed by atoms with Crippen LogP contribution in [0.25, 0.3) is 0 Å². The van der Waals surface area contributed by atoms with Crippen LogP contribution >= 0.6 is 11.6 Å². The Balaban J connectivity index is 1.69. The Labute approximate surface area is 156 Å². The summed E-state index contributed by atoms with van der Waals surface area (Å²) in [5.41, 5.74) is 2.20. The van der Waals surface area contributed by atoms with Gasteiger partial charge in [-0.3, -0.25) is 9.59 Å². The van der Waals surface area contributed by atoms with E-state index in [2.05, 4.69) is 5.32 Å². The van der Waals surface area contributed by atoms with Crippen LogP contribution in [-0.2, 0) is 9.59 Å². The molecule has 0 radical (unpaired) electrons. The highest BCUT2D eigenvalue weighted by atomic mass is 35.5. The summed E-state index contributed by atoms with van der Waals surface area (Å²) in [6.45, 7) is 2.17. The van der Waals surface area contributed by atoms with Crippen LogP contribution in [0.3, 0.4) is 0 Å². The topological polar surface area (TPSA) is 67.9 Å². The summed E-state index contributed by atoms with van der Waals surface area (Å²) in [4.78, 5) is 26.1. The molecule has 0 spiro atoms. The quantitative estimate of drug-likeness (QED) is 0.870. The molecule has 0 aliphatic carbocycles. The van der Waals surface area contributed by atoms with Crippen molar-refractivity contribution >= 4 is 34.8 Å². The number of nitrogens with zero attached hydrogens (tertiary/aromatic N) is 1. The minimum Gasteiger partial charge on any atom is -0.495 e. The molecule has 2 aromatic rings. The van der Waals surface area contributed by atoms with Gasteiger partial charge in [0.05, 0.1) is 18.5 Å². The number of rotatable bonds is 5. The van der Waals surface area contributed by atoms with E-state index in [1.807, 2.05) is 25.1 Å². The third-order valence-electron chi connectivity index (χ3n) is 4.06. The minimum absolute atomic E-state index is 0.0280.